The molecule has 0 radical (unpaired) electrons. The van der Waals surface area contributed by atoms with Gasteiger partial charge in [0.1, 0.15) is 5.75 Å². The smallest absolute Gasteiger partial charge is 0.358 e. The minimum Gasteiger partial charge on any atom is -0.464 e. The van der Waals surface area contributed by atoms with Crippen molar-refractivity contribution in [2.24, 2.45) is 0 Å². The third-order valence-corrected chi connectivity index (χ3v) is 3.08. The molecule has 0 amide bonds. The molecule has 1 aromatic carbocycles. The van der Waals surface area contributed by atoms with Crippen LogP contribution in [0.5, 0.6) is 11.6 Å². The van der Waals surface area contributed by atoms with E-state index in [0.717, 1.165) is 4.90 Å². The van der Waals surface area contributed by atoms with Crippen LogP contribution in [0.15, 0.2) is 41.6 Å². The van der Waals surface area contributed by atoms with E-state index in [1.54, 1.807) is 11.8 Å². The zero-order valence-corrected chi connectivity index (χ0v) is 11.3. The highest BCUT2D eigenvalue weighted by Gasteiger charge is 2.09. The van der Waals surface area contributed by atoms with Crippen molar-refractivity contribution < 1.29 is 14.3 Å². The zero-order chi connectivity index (χ0) is 13.7. The first-order valence-electron chi connectivity index (χ1n) is 5.46. The number of methoxy groups -OCH3 is 1. The van der Waals surface area contributed by atoms with Crippen molar-refractivity contribution in [2.75, 3.05) is 13.4 Å². The van der Waals surface area contributed by atoms with Crippen LogP contribution in [-0.2, 0) is 4.74 Å². The van der Waals surface area contributed by atoms with Gasteiger partial charge in [-0.25, -0.2) is 14.8 Å². The van der Waals surface area contributed by atoms with Gasteiger partial charge in [-0.05, 0) is 18.4 Å². The van der Waals surface area contributed by atoms with Crippen LogP contribution < -0.4 is 4.74 Å². The number of rotatable bonds is 4. The summed E-state index contributed by atoms with van der Waals surface area (Å²) in [4.78, 5) is 20.2. The maximum atomic E-state index is 11.2. The Morgan fingerprint density at radius 1 is 1.21 bits per heavy atom. The molecule has 0 bridgehead atoms. The van der Waals surface area contributed by atoms with E-state index in [-0.39, 0.29) is 5.69 Å². The summed E-state index contributed by atoms with van der Waals surface area (Å²) in [6, 6.07) is 7.62. The van der Waals surface area contributed by atoms with Gasteiger partial charge in [-0.2, -0.15) is 0 Å². The third-order valence-electron chi connectivity index (χ3n) is 2.31. The number of carbonyl (C=O) groups is 1. The Morgan fingerprint density at radius 3 is 2.63 bits per heavy atom. The lowest BCUT2D eigenvalue weighted by Crippen LogP contribution is -2.04. The summed E-state index contributed by atoms with van der Waals surface area (Å²) in [5.41, 5.74) is 0.146. The predicted octanol–water partition coefficient (Wildman–Crippen LogP) is 2.78. The molecular formula is C13H12N2O3S. The summed E-state index contributed by atoms with van der Waals surface area (Å²) in [6.07, 6.45) is 4.68. The van der Waals surface area contributed by atoms with Gasteiger partial charge in [0.2, 0.25) is 5.88 Å². The number of benzene rings is 1. The molecule has 1 aromatic heterocycles. The van der Waals surface area contributed by atoms with Gasteiger partial charge in [0, 0.05) is 4.90 Å². The zero-order valence-electron chi connectivity index (χ0n) is 10.5. The summed E-state index contributed by atoms with van der Waals surface area (Å²) < 4.78 is 10.2. The molecule has 0 spiro atoms. The largest absolute Gasteiger partial charge is 0.464 e. The van der Waals surface area contributed by atoms with Crippen LogP contribution in [0, 0.1) is 0 Å². The van der Waals surface area contributed by atoms with Gasteiger partial charge in [0.25, 0.3) is 0 Å². The second-order valence-corrected chi connectivity index (χ2v) is 4.33. The summed E-state index contributed by atoms with van der Waals surface area (Å²) in [5.74, 6) is 0.507. The fourth-order valence-corrected chi connectivity index (χ4v) is 1.92. The molecule has 0 atom stereocenters. The number of nitrogens with zero attached hydrogens (tertiary/aromatic N) is 2. The average Bonchev–Trinajstić information content (AvgIpc) is 2.48. The second kappa shape index (κ2) is 6.19. The second-order valence-electron chi connectivity index (χ2n) is 3.48. The molecule has 0 saturated heterocycles. The lowest BCUT2D eigenvalue weighted by Gasteiger charge is -2.08. The van der Waals surface area contributed by atoms with Crippen molar-refractivity contribution in [2.45, 2.75) is 4.90 Å². The van der Waals surface area contributed by atoms with Crippen molar-refractivity contribution >= 4 is 17.7 Å². The fourth-order valence-electron chi connectivity index (χ4n) is 1.39. The first kappa shape index (κ1) is 13.4. The molecule has 0 saturated carbocycles. The van der Waals surface area contributed by atoms with Crippen LogP contribution in [-0.4, -0.2) is 29.3 Å². The minimum atomic E-state index is -0.524. The van der Waals surface area contributed by atoms with Crippen LogP contribution in [0.3, 0.4) is 0 Å². The number of aromatic nitrogens is 2. The molecule has 0 fully saturated rings. The summed E-state index contributed by atoms with van der Waals surface area (Å²) in [5, 5.41) is 0. The minimum absolute atomic E-state index is 0.146. The molecule has 2 rings (SSSR count). The summed E-state index contributed by atoms with van der Waals surface area (Å²) in [6.45, 7) is 0. The normalized spacial score (nSPS) is 10.0. The Morgan fingerprint density at radius 2 is 2.00 bits per heavy atom. The first-order valence-corrected chi connectivity index (χ1v) is 6.68. The lowest BCUT2D eigenvalue weighted by atomic mass is 10.3. The van der Waals surface area contributed by atoms with E-state index in [1.165, 1.54) is 19.5 Å². The number of esters is 1. The monoisotopic (exact) mass is 276 g/mol. The Kier molecular flexibility index (Phi) is 4.35. The molecule has 0 aliphatic heterocycles. The van der Waals surface area contributed by atoms with Crippen LogP contribution in [0.4, 0.5) is 0 Å². The Labute approximate surface area is 115 Å². The predicted molar refractivity (Wildman–Crippen MR) is 71.7 cm³/mol. The van der Waals surface area contributed by atoms with E-state index < -0.39 is 5.97 Å². The molecule has 6 heteroatoms. The van der Waals surface area contributed by atoms with Gasteiger partial charge < -0.3 is 9.47 Å². The van der Waals surface area contributed by atoms with E-state index in [4.69, 9.17) is 4.74 Å². The Bertz CT molecular complexity index is 572. The molecular weight excluding hydrogens is 264 g/mol. The van der Waals surface area contributed by atoms with E-state index in [9.17, 15) is 4.79 Å². The highest BCUT2D eigenvalue weighted by molar-refractivity contribution is 7.98. The van der Waals surface area contributed by atoms with Gasteiger partial charge in [-0.3, -0.25) is 0 Å². The van der Waals surface area contributed by atoms with E-state index in [1.807, 2.05) is 30.5 Å². The molecule has 0 unspecified atom stereocenters. The van der Waals surface area contributed by atoms with Gasteiger partial charge in [-0.15, -0.1) is 11.8 Å². The van der Waals surface area contributed by atoms with Gasteiger partial charge in [-0.1, -0.05) is 12.1 Å². The molecule has 0 aliphatic rings. The van der Waals surface area contributed by atoms with E-state index in [2.05, 4.69) is 14.7 Å². The number of hydrogen-bond acceptors (Lipinski definition) is 6. The van der Waals surface area contributed by atoms with Gasteiger partial charge in [0.15, 0.2) is 5.69 Å². The number of thioether (sulfide) groups is 1. The highest BCUT2D eigenvalue weighted by atomic mass is 32.2. The summed E-state index contributed by atoms with van der Waals surface area (Å²) in [7, 11) is 1.29. The standard InChI is InChI=1S/C13H12N2O3S/c1-17-13(16)9-7-15-12(8-14-9)18-10-5-3-4-6-11(10)19-2/h3-8H,1-2H3. The maximum Gasteiger partial charge on any atom is 0.358 e. The topological polar surface area (TPSA) is 61.3 Å². The van der Waals surface area contributed by atoms with Gasteiger partial charge in [0.05, 0.1) is 19.5 Å². The van der Waals surface area contributed by atoms with Crippen molar-refractivity contribution in [3.05, 3.63) is 42.4 Å². The molecule has 0 aliphatic carbocycles. The van der Waals surface area contributed by atoms with Crippen molar-refractivity contribution in [3.8, 4) is 11.6 Å². The lowest BCUT2D eigenvalue weighted by molar-refractivity contribution is 0.0593. The summed E-state index contributed by atoms with van der Waals surface area (Å²) >= 11 is 1.58. The van der Waals surface area contributed by atoms with Crippen molar-refractivity contribution in [3.63, 3.8) is 0 Å². The third kappa shape index (κ3) is 3.23. The SMILES string of the molecule is COC(=O)c1cnc(Oc2ccccc2SC)cn1. The van der Waals surface area contributed by atoms with E-state index >= 15 is 0 Å². The van der Waals surface area contributed by atoms with Crippen molar-refractivity contribution in [1.82, 2.24) is 9.97 Å². The Balaban J connectivity index is 2.17. The number of para-hydroxylation sites is 1. The van der Waals surface area contributed by atoms with E-state index in [0.29, 0.717) is 11.6 Å². The maximum absolute atomic E-state index is 11.2. The number of hydrogen-bond donors (Lipinski definition) is 0. The van der Waals surface area contributed by atoms with Crippen LogP contribution in [0.2, 0.25) is 0 Å². The molecule has 1 heterocycles. The fraction of sp³-hybridized carbons (Fsp3) is 0.154. The molecule has 98 valence electrons. The Hall–Kier alpha value is -2.08. The van der Waals surface area contributed by atoms with Gasteiger partial charge >= 0.3 is 5.97 Å². The quantitative estimate of drug-likeness (QED) is 0.632. The highest BCUT2D eigenvalue weighted by Crippen LogP contribution is 2.29. The molecule has 2 aromatic rings. The molecule has 19 heavy (non-hydrogen) atoms. The van der Waals surface area contributed by atoms with Crippen LogP contribution >= 0.6 is 11.8 Å². The number of carbonyl (C=O) groups excluding carboxylic acids is 1. The molecule has 5 nitrogen and oxygen atoms in total. The average molecular weight is 276 g/mol. The van der Waals surface area contributed by atoms with Crippen LogP contribution in [0.1, 0.15) is 10.5 Å². The van der Waals surface area contributed by atoms with Crippen molar-refractivity contribution in [1.29, 1.82) is 0 Å². The van der Waals surface area contributed by atoms with Crippen LogP contribution in [0.25, 0.3) is 0 Å². The molecule has 0 N–H and O–H groups in total. The number of ether oxygens (including phenoxy) is 2. The first-order chi connectivity index (χ1) is 9.24.